The van der Waals surface area contributed by atoms with E-state index in [-0.39, 0.29) is 24.0 Å². The third-order valence-electron chi connectivity index (χ3n) is 4.40. The van der Waals surface area contributed by atoms with E-state index in [1.807, 2.05) is 42.8 Å². The highest BCUT2D eigenvalue weighted by atomic mass is 35.5. The Hall–Kier alpha value is -2.86. The molecule has 0 saturated heterocycles. The van der Waals surface area contributed by atoms with E-state index < -0.39 is 5.82 Å². The zero-order chi connectivity index (χ0) is 20.8. The Labute approximate surface area is 174 Å². The van der Waals surface area contributed by atoms with E-state index in [4.69, 9.17) is 16.3 Å². The molecule has 3 rings (SSSR count). The predicted octanol–water partition coefficient (Wildman–Crippen LogP) is 4.43. The summed E-state index contributed by atoms with van der Waals surface area (Å²) in [6.45, 7) is 5.29. The third-order valence-corrected chi connectivity index (χ3v) is 4.69. The molecule has 0 atom stereocenters. The first-order valence-electron chi connectivity index (χ1n) is 9.34. The second-order valence-corrected chi connectivity index (χ2v) is 7.26. The zero-order valence-corrected chi connectivity index (χ0v) is 17.2. The van der Waals surface area contributed by atoms with Crippen molar-refractivity contribution in [1.82, 2.24) is 15.1 Å². The highest BCUT2D eigenvalue weighted by Gasteiger charge is 2.07. The molecule has 0 unspecified atom stereocenters. The molecule has 0 spiro atoms. The highest BCUT2D eigenvalue weighted by molar-refractivity contribution is 6.32. The number of aryl methyl sites for hydroxylation is 2. The molecule has 0 aliphatic rings. The number of carbonyl (C=O) groups is 1. The fraction of sp³-hybridized carbons (Fsp3) is 0.273. The molecular formula is C22H23ClFN3O2. The van der Waals surface area contributed by atoms with E-state index in [9.17, 15) is 9.18 Å². The van der Waals surface area contributed by atoms with Crippen LogP contribution in [0.5, 0.6) is 5.75 Å². The molecule has 29 heavy (non-hydrogen) atoms. The maximum absolute atomic E-state index is 13.0. The van der Waals surface area contributed by atoms with Crippen LogP contribution in [0.25, 0.3) is 0 Å². The fourth-order valence-electron chi connectivity index (χ4n) is 2.98. The van der Waals surface area contributed by atoms with Crippen molar-refractivity contribution in [3.8, 4) is 5.75 Å². The van der Waals surface area contributed by atoms with E-state index in [0.717, 1.165) is 22.5 Å². The van der Waals surface area contributed by atoms with Crippen LogP contribution in [0.4, 0.5) is 4.39 Å². The van der Waals surface area contributed by atoms with Crippen LogP contribution in [-0.2, 0) is 17.9 Å². The average molecular weight is 416 g/mol. The van der Waals surface area contributed by atoms with Crippen molar-refractivity contribution in [2.75, 3.05) is 6.61 Å². The lowest BCUT2D eigenvalue weighted by atomic mass is 10.1. The van der Waals surface area contributed by atoms with Crippen molar-refractivity contribution in [2.24, 2.45) is 0 Å². The minimum atomic E-state index is -0.430. The Morgan fingerprint density at radius 1 is 1.17 bits per heavy atom. The lowest BCUT2D eigenvalue weighted by Gasteiger charge is -2.10. The number of hydrogen-bond acceptors (Lipinski definition) is 3. The van der Waals surface area contributed by atoms with Gasteiger partial charge in [0.25, 0.3) is 0 Å². The Morgan fingerprint density at radius 3 is 2.69 bits per heavy atom. The average Bonchev–Trinajstić information content (AvgIpc) is 2.99. The van der Waals surface area contributed by atoms with E-state index in [1.165, 1.54) is 18.2 Å². The van der Waals surface area contributed by atoms with Crippen LogP contribution >= 0.6 is 11.6 Å². The molecule has 1 aromatic heterocycles. The summed E-state index contributed by atoms with van der Waals surface area (Å²) in [5, 5.41) is 7.55. The largest absolute Gasteiger partial charge is 0.491 e. The number of aromatic nitrogens is 2. The van der Waals surface area contributed by atoms with Crippen molar-refractivity contribution >= 4 is 17.5 Å². The third kappa shape index (κ3) is 6.06. The number of nitrogens with zero attached hydrogens (tertiary/aromatic N) is 2. The molecule has 0 saturated carbocycles. The zero-order valence-electron chi connectivity index (χ0n) is 16.4. The van der Waals surface area contributed by atoms with Gasteiger partial charge in [0.15, 0.2) is 0 Å². The minimum Gasteiger partial charge on any atom is -0.491 e. The summed E-state index contributed by atoms with van der Waals surface area (Å²) < 4.78 is 20.4. The number of benzene rings is 2. The number of nitrogens with one attached hydrogen (secondary N) is 1. The van der Waals surface area contributed by atoms with Gasteiger partial charge in [0, 0.05) is 12.2 Å². The van der Waals surface area contributed by atoms with Gasteiger partial charge < -0.3 is 10.1 Å². The van der Waals surface area contributed by atoms with Gasteiger partial charge in [0.1, 0.15) is 11.6 Å². The summed E-state index contributed by atoms with van der Waals surface area (Å²) in [6, 6.07) is 14.0. The van der Waals surface area contributed by atoms with Crippen LogP contribution in [0.1, 0.15) is 28.9 Å². The number of amides is 1. The molecule has 152 valence electrons. The Balaban J connectivity index is 1.47. The standard InChI is InChI=1S/C22H23ClFN3O2/c1-15-10-16(2)27(26-15)14-18-5-3-4-17(11-18)13-25-22(28)8-9-29-21-7-6-19(24)12-20(21)23/h3-7,10-12H,8-9,13-14H2,1-2H3,(H,25,28). The van der Waals surface area contributed by atoms with Crippen LogP contribution in [0.15, 0.2) is 48.5 Å². The summed E-state index contributed by atoms with van der Waals surface area (Å²) in [5.41, 5.74) is 4.25. The summed E-state index contributed by atoms with van der Waals surface area (Å²) in [5.74, 6) is -0.204. The van der Waals surface area contributed by atoms with E-state index in [1.54, 1.807) is 0 Å². The van der Waals surface area contributed by atoms with Gasteiger partial charge in [0.2, 0.25) is 5.91 Å². The molecule has 7 heteroatoms. The number of rotatable bonds is 8. The van der Waals surface area contributed by atoms with Crippen LogP contribution < -0.4 is 10.1 Å². The van der Waals surface area contributed by atoms with E-state index >= 15 is 0 Å². The van der Waals surface area contributed by atoms with Gasteiger partial charge in [-0.25, -0.2) is 4.39 Å². The summed E-state index contributed by atoms with van der Waals surface area (Å²) in [6.07, 6.45) is 0.180. The predicted molar refractivity (Wildman–Crippen MR) is 111 cm³/mol. The van der Waals surface area contributed by atoms with Gasteiger partial charge in [-0.05, 0) is 49.2 Å². The maximum Gasteiger partial charge on any atom is 0.223 e. The van der Waals surface area contributed by atoms with Crippen molar-refractivity contribution in [1.29, 1.82) is 0 Å². The Morgan fingerprint density at radius 2 is 1.97 bits per heavy atom. The number of halogens is 2. The Bertz CT molecular complexity index is 1000. The molecule has 0 radical (unpaired) electrons. The first-order valence-corrected chi connectivity index (χ1v) is 9.72. The molecule has 1 amide bonds. The maximum atomic E-state index is 13.0. The van der Waals surface area contributed by atoms with Crippen molar-refractivity contribution in [3.05, 3.63) is 81.9 Å². The molecule has 0 fully saturated rings. The van der Waals surface area contributed by atoms with Crippen LogP contribution in [0.3, 0.4) is 0 Å². The second kappa shape index (κ2) is 9.56. The normalized spacial score (nSPS) is 10.8. The highest BCUT2D eigenvalue weighted by Crippen LogP contribution is 2.24. The molecule has 5 nitrogen and oxygen atoms in total. The quantitative estimate of drug-likeness (QED) is 0.592. The molecule has 1 N–H and O–H groups in total. The van der Waals surface area contributed by atoms with E-state index in [0.29, 0.717) is 18.8 Å². The van der Waals surface area contributed by atoms with Gasteiger partial charge in [-0.1, -0.05) is 35.9 Å². The van der Waals surface area contributed by atoms with Crippen molar-refractivity contribution < 1.29 is 13.9 Å². The topological polar surface area (TPSA) is 56.2 Å². The fourth-order valence-corrected chi connectivity index (χ4v) is 3.20. The molecule has 0 aliphatic heterocycles. The number of hydrogen-bond donors (Lipinski definition) is 1. The first-order chi connectivity index (χ1) is 13.9. The summed E-state index contributed by atoms with van der Waals surface area (Å²) >= 11 is 5.90. The summed E-state index contributed by atoms with van der Waals surface area (Å²) in [7, 11) is 0. The van der Waals surface area contributed by atoms with E-state index in [2.05, 4.69) is 16.5 Å². The smallest absolute Gasteiger partial charge is 0.223 e. The number of ether oxygens (including phenoxy) is 1. The Kier molecular flexibility index (Phi) is 6.88. The van der Waals surface area contributed by atoms with Gasteiger partial charge in [-0.3, -0.25) is 9.48 Å². The molecular weight excluding hydrogens is 393 g/mol. The molecule has 2 aromatic carbocycles. The lowest BCUT2D eigenvalue weighted by molar-refractivity contribution is -0.121. The molecule has 3 aromatic rings. The van der Waals surface area contributed by atoms with Crippen LogP contribution in [0, 0.1) is 19.7 Å². The van der Waals surface area contributed by atoms with Gasteiger partial charge >= 0.3 is 0 Å². The van der Waals surface area contributed by atoms with Crippen LogP contribution in [0.2, 0.25) is 5.02 Å². The minimum absolute atomic E-state index is 0.132. The molecule has 1 heterocycles. The second-order valence-electron chi connectivity index (χ2n) is 6.85. The van der Waals surface area contributed by atoms with Gasteiger partial charge in [-0.2, -0.15) is 5.10 Å². The van der Waals surface area contributed by atoms with Gasteiger partial charge in [-0.15, -0.1) is 0 Å². The van der Waals surface area contributed by atoms with Gasteiger partial charge in [0.05, 0.1) is 30.3 Å². The monoisotopic (exact) mass is 415 g/mol. The number of carbonyl (C=O) groups excluding carboxylic acids is 1. The molecule has 0 aliphatic carbocycles. The lowest BCUT2D eigenvalue weighted by Crippen LogP contribution is -2.24. The van der Waals surface area contributed by atoms with Crippen molar-refractivity contribution in [2.45, 2.75) is 33.4 Å². The summed E-state index contributed by atoms with van der Waals surface area (Å²) in [4.78, 5) is 12.1. The SMILES string of the molecule is Cc1cc(C)n(Cc2cccc(CNC(=O)CCOc3ccc(F)cc3Cl)c2)n1. The van der Waals surface area contributed by atoms with Crippen LogP contribution in [-0.4, -0.2) is 22.3 Å². The molecule has 0 bridgehead atoms. The first kappa shape index (κ1) is 20.9. The van der Waals surface area contributed by atoms with Crippen molar-refractivity contribution in [3.63, 3.8) is 0 Å².